The van der Waals surface area contributed by atoms with E-state index in [2.05, 4.69) is 4.98 Å². The van der Waals surface area contributed by atoms with Crippen molar-refractivity contribution in [3.8, 4) is 5.75 Å². The number of fused-ring (bicyclic) bond motifs is 1. The van der Waals surface area contributed by atoms with Gasteiger partial charge in [0.15, 0.2) is 11.6 Å². The van der Waals surface area contributed by atoms with Crippen molar-refractivity contribution in [3.63, 3.8) is 0 Å². The van der Waals surface area contributed by atoms with Crippen LogP contribution in [0, 0.1) is 5.82 Å². The summed E-state index contributed by atoms with van der Waals surface area (Å²) in [5, 5.41) is 0. The van der Waals surface area contributed by atoms with Crippen LogP contribution in [0.3, 0.4) is 0 Å². The van der Waals surface area contributed by atoms with E-state index in [1.54, 1.807) is 6.07 Å². The molecule has 1 aliphatic heterocycles. The number of hydrogen-bond acceptors (Lipinski definition) is 4. The molecule has 1 fully saturated rings. The Morgan fingerprint density at radius 1 is 1.20 bits per heavy atom. The van der Waals surface area contributed by atoms with Crippen molar-refractivity contribution in [1.29, 1.82) is 0 Å². The molecule has 5 nitrogen and oxygen atoms in total. The molecule has 9 heteroatoms. The van der Waals surface area contributed by atoms with Crippen molar-refractivity contribution in [2.45, 2.75) is 31.6 Å². The van der Waals surface area contributed by atoms with Gasteiger partial charge in [-0.1, -0.05) is 18.2 Å². The lowest BCUT2D eigenvalue weighted by Gasteiger charge is -2.32. The topological polar surface area (TPSA) is 56.3 Å². The third-order valence-electron chi connectivity index (χ3n) is 5.40. The second-order valence-corrected chi connectivity index (χ2v) is 7.45. The summed E-state index contributed by atoms with van der Waals surface area (Å²) in [6.45, 7) is 0.969. The summed E-state index contributed by atoms with van der Waals surface area (Å²) in [6.07, 6.45) is -2.83. The maximum atomic E-state index is 15.2. The molecule has 0 bridgehead atoms. The number of rotatable bonds is 4. The molecule has 2 N–H and O–H groups in total. The fraction of sp³-hybridized carbons (Fsp3) is 0.381. The summed E-state index contributed by atoms with van der Waals surface area (Å²) in [5.41, 5.74) is 5.84. The van der Waals surface area contributed by atoms with Crippen molar-refractivity contribution in [1.82, 2.24) is 9.55 Å². The SMILES string of the molecule is COc1ccc2nc(N3CCCC(N)C3)n(Cc3ccccc3C(F)(F)F)c2c1F. The van der Waals surface area contributed by atoms with Gasteiger partial charge < -0.3 is 19.9 Å². The van der Waals surface area contributed by atoms with Crippen LogP contribution in [0.15, 0.2) is 36.4 Å². The lowest BCUT2D eigenvalue weighted by molar-refractivity contribution is -0.138. The van der Waals surface area contributed by atoms with Gasteiger partial charge in [-0.25, -0.2) is 9.37 Å². The molecule has 3 aromatic rings. The Hall–Kier alpha value is -2.81. The molecule has 1 saturated heterocycles. The molecule has 160 valence electrons. The van der Waals surface area contributed by atoms with Crippen LogP contribution in [-0.2, 0) is 12.7 Å². The van der Waals surface area contributed by atoms with Crippen LogP contribution in [0.25, 0.3) is 11.0 Å². The quantitative estimate of drug-likeness (QED) is 0.641. The molecule has 0 amide bonds. The van der Waals surface area contributed by atoms with E-state index in [1.807, 2.05) is 4.90 Å². The first-order chi connectivity index (χ1) is 14.3. The van der Waals surface area contributed by atoms with E-state index in [-0.39, 0.29) is 29.4 Å². The monoisotopic (exact) mass is 422 g/mol. The maximum Gasteiger partial charge on any atom is 0.416 e. The van der Waals surface area contributed by atoms with E-state index in [9.17, 15) is 13.2 Å². The first-order valence-electron chi connectivity index (χ1n) is 9.68. The van der Waals surface area contributed by atoms with E-state index in [1.165, 1.54) is 35.9 Å². The van der Waals surface area contributed by atoms with Crippen molar-refractivity contribution in [2.75, 3.05) is 25.1 Å². The summed E-state index contributed by atoms with van der Waals surface area (Å²) < 4.78 is 62.4. The number of aromatic nitrogens is 2. The molecular weight excluding hydrogens is 400 g/mol. The van der Waals surface area contributed by atoms with Crippen molar-refractivity contribution in [3.05, 3.63) is 53.3 Å². The predicted octanol–water partition coefficient (Wildman–Crippen LogP) is 4.18. The van der Waals surface area contributed by atoms with Gasteiger partial charge in [0.1, 0.15) is 5.52 Å². The highest BCUT2D eigenvalue weighted by Gasteiger charge is 2.34. The third-order valence-corrected chi connectivity index (χ3v) is 5.40. The van der Waals surface area contributed by atoms with Gasteiger partial charge in [0.05, 0.1) is 24.7 Å². The summed E-state index contributed by atoms with van der Waals surface area (Å²) in [5.74, 6) is -0.238. The van der Waals surface area contributed by atoms with Gasteiger partial charge in [-0.2, -0.15) is 13.2 Å². The second-order valence-electron chi connectivity index (χ2n) is 7.45. The standard InChI is InChI=1S/C21H22F4N4O/c1-30-17-9-8-16-19(18(17)22)29(20(27-16)28-10-4-6-14(26)12-28)11-13-5-2-3-7-15(13)21(23,24)25/h2-3,5,7-9,14H,4,6,10-12,26H2,1H3. The van der Waals surface area contributed by atoms with Crippen molar-refractivity contribution in [2.24, 2.45) is 5.73 Å². The zero-order valence-corrected chi connectivity index (χ0v) is 16.4. The smallest absolute Gasteiger partial charge is 0.416 e. The molecule has 0 aliphatic carbocycles. The highest BCUT2D eigenvalue weighted by molar-refractivity contribution is 5.81. The predicted molar refractivity (Wildman–Crippen MR) is 106 cm³/mol. The molecule has 1 unspecified atom stereocenters. The average molecular weight is 422 g/mol. The maximum absolute atomic E-state index is 15.2. The molecule has 2 aromatic carbocycles. The number of imidazole rings is 1. The van der Waals surface area contributed by atoms with Gasteiger partial charge in [0, 0.05) is 19.1 Å². The lowest BCUT2D eigenvalue weighted by Crippen LogP contribution is -2.44. The van der Waals surface area contributed by atoms with Gasteiger partial charge >= 0.3 is 6.18 Å². The van der Waals surface area contributed by atoms with Crippen molar-refractivity contribution >= 4 is 17.0 Å². The minimum atomic E-state index is -4.52. The fourth-order valence-electron chi connectivity index (χ4n) is 4.00. The highest BCUT2D eigenvalue weighted by Crippen LogP contribution is 2.35. The highest BCUT2D eigenvalue weighted by atomic mass is 19.4. The van der Waals surface area contributed by atoms with Crippen LogP contribution in [0.1, 0.15) is 24.0 Å². The largest absolute Gasteiger partial charge is 0.494 e. The molecule has 2 heterocycles. The Labute approximate surface area is 171 Å². The normalized spacial score (nSPS) is 17.5. The lowest BCUT2D eigenvalue weighted by atomic mass is 10.1. The number of benzene rings is 2. The number of nitrogens with two attached hydrogens (primary N) is 1. The summed E-state index contributed by atoms with van der Waals surface area (Å²) in [6, 6.07) is 8.30. The number of alkyl halides is 3. The Kier molecular flexibility index (Phi) is 5.31. The van der Waals surface area contributed by atoms with Gasteiger partial charge in [0.2, 0.25) is 5.95 Å². The summed E-state index contributed by atoms with van der Waals surface area (Å²) >= 11 is 0. The first kappa shape index (κ1) is 20.5. The number of nitrogens with zero attached hydrogens (tertiary/aromatic N) is 3. The van der Waals surface area contributed by atoms with E-state index in [0.717, 1.165) is 18.9 Å². The van der Waals surface area contributed by atoms with E-state index >= 15 is 4.39 Å². The molecule has 1 atom stereocenters. The minimum absolute atomic E-state index is 0.00894. The first-order valence-corrected chi connectivity index (χ1v) is 9.68. The number of hydrogen-bond donors (Lipinski definition) is 1. The minimum Gasteiger partial charge on any atom is -0.494 e. The Balaban J connectivity index is 1.90. The molecule has 1 aliphatic rings. The van der Waals surface area contributed by atoms with Crippen molar-refractivity contribution < 1.29 is 22.3 Å². The van der Waals surface area contributed by atoms with Gasteiger partial charge in [-0.15, -0.1) is 0 Å². The molecule has 30 heavy (non-hydrogen) atoms. The van der Waals surface area contributed by atoms with Crippen LogP contribution in [0.2, 0.25) is 0 Å². The Bertz CT molecular complexity index is 1060. The zero-order valence-electron chi connectivity index (χ0n) is 16.4. The number of ether oxygens (including phenoxy) is 1. The van der Waals surface area contributed by atoms with Gasteiger partial charge in [-0.05, 0) is 36.6 Å². The molecular formula is C21H22F4N4O. The van der Waals surface area contributed by atoms with Crippen LogP contribution in [0.5, 0.6) is 5.75 Å². The van der Waals surface area contributed by atoms with Crippen LogP contribution in [-0.4, -0.2) is 35.8 Å². The molecule has 0 saturated carbocycles. The van der Waals surface area contributed by atoms with Crippen LogP contribution >= 0.6 is 0 Å². The number of methoxy groups -OCH3 is 1. The van der Waals surface area contributed by atoms with Gasteiger partial charge in [0.25, 0.3) is 0 Å². The van der Waals surface area contributed by atoms with E-state index < -0.39 is 17.6 Å². The van der Waals surface area contributed by atoms with Gasteiger partial charge in [-0.3, -0.25) is 0 Å². The van der Waals surface area contributed by atoms with E-state index in [0.29, 0.717) is 24.6 Å². The number of halogens is 4. The molecule has 4 rings (SSSR count). The second kappa shape index (κ2) is 7.79. The summed E-state index contributed by atoms with van der Waals surface area (Å²) in [4.78, 5) is 6.46. The third kappa shape index (κ3) is 3.69. The molecule has 0 spiro atoms. The number of piperidine rings is 1. The number of anilines is 1. The summed E-state index contributed by atoms with van der Waals surface area (Å²) in [7, 11) is 1.34. The Morgan fingerprint density at radius 3 is 2.67 bits per heavy atom. The molecule has 0 radical (unpaired) electrons. The van der Waals surface area contributed by atoms with Crippen LogP contribution in [0.4, 0.5) is 23.5 Å². The molecule has 1 aromatic heterocycles. The Morgan fingerprint density at radius 2 is 1.97 bits per heavy atom. The average Bonchev–Trinajstić information content (AvgIpc) is 3.07. The zero-order chi connectivity index (χ0) is 21.5. The van der Waals surface area contributed by atoms with Crippen LogP contribution < -0.4 is 15.4 Å². The fourth-order valence-corrected chi connectivity index (χ4v) is 4.00. The van der Waals surface area contributed by atoms with E-state index in [4.69, 9.17) is 10.5 Å².